The summed E-state index contributed by atoms with van der Waals surface area (Å²) in [7, 11) is -4.43. The van der Waals surface area contributed by atoms with Gasteiger partial charge in [-0.05, 0) is 64.2 Å². The van der Waals surface area contributed by atoms with E-state index in [1.54, 1.807) is 0 Å². The fourth-order valence-corrected chi connectivity index (χ4v) is 7.26. The highest BCUT2D eigenvalue weighted by atomic mass is 31.2. The number of allylic oxidation sites excluding steroid dienone is 12. The Morgan fingerprint density at radius 3 is 1.41 bits per heavy atom. The first-order valence-corrected chi connectivity index (χ1v) is 25.9. The number of hydrogen-bond acceptors (Lipinski definition) is 7. The number of aliphatic hydroxyl groups excluding tert-OH is 1. The molecule has 0 radical (unpaired) electrons. The van der Waals surface area contributed by atoms with Crippen LogP contribution in [0.25, 0.3) is 0 Å². The fourth-order valence-electron chi connectivity index (χ4n) is 6.50. The lowest BCUT2D eigenvalue weighted by molar-refractivity contribution is -0.147. The first-order valence-electron chi connectivity index (χ1n) is 24.4. The maximum absolute atomic E-state index is 12.1. The van der Waals surface area contributed by atoms with Gasteiger partial charge in [0.2, 0.25) is 5.91 Å². The molecule has 10 heteroatoms. The maximum Gasteiger partial charge on any atom is 0.472 e. The molecule has 0 saturated heterocycles. The fraction of sp³-hybridized carbons (Fsp3) is 0.725. The molecule has 0 aliphatic heterocycles. The van der Waals surface area contributed by atoms with Crippen molar-refractivity contribution in [1.82, 2.24) is 5.32 Å². The van der Waals surface area contributed by atoms with E-state index in [9.17, 15) is 24.2 Å². The van der Waals surface area contributed by atoms with Gasteiger partial charge in [-0.25, -0.2) is 4.57 Å². The molecule has 0 aromatic heterocycles. The minimum absolute atomic E-state index is 0.0645. The number of rotatable bonds is 45. The van der Waals surface area contributed by atoms with Crippen LogP contribution < -0.4 is 5.32 Å². The molecule has 0 aromatic rings. The van der Waals surface area contributed by atoms with Gasteiger partial charge in [-0.15, -0.1) is 0 Å². The zero-order valence-electron chi connectivity index (χ0n) is 38.8. The Hall–Kier alpha value is -2.55. The topological polar surface area (TPSA) is 131 Å². The molecule has 0 spiro atoms. The molecule has 1 amide bonds. The Kier molecular flexibility index (Phi) is 45.0. The number of phosphoric acid groups is 1. The number of hydrogen-bond donors (Lipinski definition) is 3. The van der Waals surface area contributed by atoms with Gasteiger partial charge in [0.1, 0.15) is 12.7 Å². The van der Waals surface area contributed by atoms with Crippen LogP contribution in [0, 0.1) is 0 Å². The van der Waals surface area contributed by atoms with Gasteiger partial charge in [-0.1, -0.05) is 202 Å². The van der Waals surface area contributed by atoms with E-state index in [1.807, 2.05) is 0 Å². The van der Waals surface area contributed by atoms with Crippen molar-refractivity contribution in [2.75, 3.05) is 26.4 Å². The molecule has 0 aromatic carbocycles. The third-order valence-electron chi connectivity index (χ3n) is 10.2. The lowest BCUT2D eigenvalue weighted by Gasteiger charge is -2.15. The van der Waals surface area contributed by atoms with E-state index in [1.165, 1.54) is 89.9 Å². The Bertz CT molecular complexity index is 1230. The molecule has 0 saturated carbocycles. The van der Waals surface area contributed by atoms with Crippen molar-refractivity contribution in [3.05, 3.63) is 72.9 Å². The van der Waals surface area contributed by atoms with Gasteiger partial charge in [-0.2, -0.15) is 0 Å². The lowest BCUT2D eigenvalue weighted by Crippen LogP contribution is -2.27. The Morgan fingerprint density at radius 2 is 0.934 bits per heavy atom. The molecular formula is C51H90NO8P. The zero-order valence-corrected chi connectivity index (χ0v) is 39.7. The summed E-state index contributed by atoms with van der Waals surface area (Å²) in [6.45, 7) is 3.42. The van der Waals surface area contributed by atoms with Crippen molar-refractivity contribution < 1.29 is 37.9 Å². The summed E-state index contributed by atoms with van der Waals surface area (Å²) in [4.78, 5) is 34.0. The summed E-state index contributed by atoms with van der Waals surface area (Å²) >= 11 is 0. The van der Waals surface area contributed by atoms with Crippen LogP contribution >= 0.6 is 7.82 Å². The molecule has 0 bridgehead atoms. The molecule has 0 aliphatic carbocycles. The summed E-state index contributed by atoms with van der Waals surface area (Å²) in [6.07, 6.45) is 58.3. The summed E-state index contributed by atoms with van der Waals surface area (Å²) in [5, 5.41) is 12.7. The van der Waals surface area contributed by atoms with E-state index < -0.39 is 26.5 Å². The molecule has 9 nitrogen and oxygen atoms in total. The van der Waals surface area contributed by atoms with E-state index in [2.05, 4.69) is 92.1 Å². The number of carbonyl (C=O) groups excluding carboxylic acids is 2. The van der Waals surface area contributed by atoms with E-state index in [-0.39, 0.29) is 32.1 Å². The monoisotopic (exact) mass is 876 g/mol. The second-order valence-corrected chi connectivity index (χ2v) is 17.5. The van der Waals surface area contributed by atoms with Gasteiger partial charge in [0, 0.05) is 19.4 Å². The Labute approximate surface area is 373 Å². The van der Waals surface area contributed by atoms with Crippen molar-refractivity contribution >= 4 is 19.7 Å². The molecule has 0 aliphatic rings. The normalized spacial score (nSPS) is 13.8. The molecule has 352 valence electrons. The third kappa shape index (κ3) is 48.3. The number of phosphoric ester groups is 1. The number of amides is 1. The number of nitrogens with one attached hydrogen (secondary N) is 1. The van der Waals surface area contributed by atoms with Crippen molar-refractivity contribution in [2.45, 2.75) is 213 Å². The van der Waals surface area contributed by atoms with Crippen LogP contribution in [-0.2, 0) is 27.9 Å². The average molecular weight is 876 g/mol. The van der Waals surface area contributed by atoms with Crippen molar-refractivity contribution in [1.29, 1.82) is 0 Å². The number of ether oxygens (including phenoxy) is 1. The second kappa shape index (κ2) is 46.9. The number of carbonyl (C=O) groups is 2. The third-order valence-corrected chi connectivity index (χ3v) is 11.1. The lowest BCUT2D eigenvalue weighted by atomic mass is 10.0. The van der Waals surface area contributed by atoms with Gasteiger partial charge < -0.3 is 20.1 Å². The van der Waals surface area contributed by atoms with Crippen molar-refractivity contribution in [3.8, 4) is 0 Å². The number of unbranched alkanes of at least 4 members (excludes halogenated alkanes) is 20. The molecule has 2 atom stereocenters. The van der Waals surface area contributed by atoms with Crippen molar-refractivity contribution in [3.63, 3.8) is 0 Å². The SMILES string of the molecule is CC/C=C\C/C=C\C/C=C\C/C=C\C/C=C\C/C=C\CCCCCCC(=O)NCCOP(=O)(O)OCC(O)COC(=O)CCCCCCCCCCCCCCCCCCC. The zero-order chi connectivity index (χ0) is 44.6. The van der Waals surface area contributed by atoms with E-state index in [0.29, 0.717) is 6.42 Å². The van der Waals surface area contributed by atoms with Crippen LogP contribution in [0.15, 0.2) is 72.9 Å². The summed E-state index contributed by atoms with van der Waals surface area (Å²) in [5.41, 5.74) is 0. The highest BCUT2D eigenvalue weighted by Crippen LogP contribution is 2.42. The van der Waals surface area contributed by atoms with Gasteiger partial charge in [-0.3, -0.25) is 18.6 Å². The number of esters is 1. The Balaban J connectivity index is 3.64. The van der Waals surface area contributed by atoms with Gasteiger partial charge in [0.05, 0.1) is 13.2 Å². The Morgan fingerprint density at radius 1 is 0.525 bits per heavy atom. The van der Waals surface area contributed by atoms with E-state index >= 15 is 0 Å². The summed E-state index contributed by atoms with van der Waals surface area (Å²) < 4.78 is 26.9. The van der Waals surface area contributed by atoms with E-state index in [0.717, 1.165) is 89.9 Å². The molecule has 2 unspecified atom stereocenters. The molecular weight excluding hydrogens is 786 g/mol. The molecule has 0 fully saturated rings. The average Bonchev–Trinajstić information content (AvgIpc) is 3.25. The standard InChI is InChI=1S/C51H90NO8P/c1-3-5-7-9-11-13-15-17-19-21-22-23-24-25-26-28-29-31-33-35-37-39-41-43-50(54)52-45-46-59-61(56,57)60-48-49(53)47-58-51(55)44-42-40-38-36-34-32-30-27-20-18-16-14-12-10-8-6-4-2/h5,7,11,13,17,19,22-23,25-26,29,31,49,53H,3-4,6,8-10,12,14-16,18,20-21,24,27-28,30,32-48H2,1-2H3,(H,52,54)(H,56,57)/b7-5-,13-11-,19-17-,23-22-,26-25-,31-29-. The minimum Gasteiger partial charge on any atom is -0.463 e. The smallest absolute Gasteiger partial charge is 0.463 e. The van der Waals surface area contributed by atoms with E-state index in [4.69, 9.17) is 13.8 Å². The molecule has 0 rings (SSSR count). The van der Waals surface area contributed by atoms with Crippen LogP contribution in [0.5, 0.6) is 0 Å². The van der Waals surface area contributed by atoms with Crippen LogP contribution in [0.3, 0.4) is 0 Å². The summed E-state index contributed by atoms with van der Waals surface area (Å²) in [6, 6.07) is 0. The van der Waals surface area contributed by atoms with Crippen LogP contribution in [-0.4, -0.2) is 54.3 Å². The highest BCUT2D eigenvalue weighted by Gasteiger charge is 2.23. The van der Waals surface area contributed by atoms with Crippen LogP contribution in [0.1, 0.15) is 206 Å². The van der Waals surface area contributed by atoms with Crippen LogP contribution in [0.2, 0.25) is 0 Å². The predicted octanol–water partition coefficient (Wildman–Crippen LogP) is 14.2. The van der Waals surface area contributed by atoms with Gasteiger partial charge in [0.25, 0.3) is 0 Å². The summed E-state index contributed by atoms with van der Waals surface area (Å²) in [5.74, 6) is -0.540. The van der Waals surface area contributed by atoms with Gasteiger partial charge >= 0.3 is 13.8 Å². The predicted molar refractivity (Wildman–Crippen MR) is 256 cm³/mol. The first-order chi connectivity index (χ1) is 29.8. The van der Waals surface area contributed by atoms with Crippen molar-refractivity contribution in [2.24, 2.45) is 0 Å². The first kappa shape index (κ1) is 58.5. The minimum atomic E-state index is -4.43. The molecule has 0 heterocycles. The van der Waals surface area contributed by atoms with Gasteiger partial charge in [0.15, 0.2) is 0 Å². The molecule has 3 N–H and O–H groups in total. The number of aliphatic hydroxyl groups is 1. The maximum atomic E-state index is 12.1. The van der Waals surface area contributed by atoms with Crippen LogP contribution in [0.4, 0.5) is 0 Å². The quantitative estimate of drug-likeness (QED) is 0.0239. The highest BCUT2D eigenvalue weighted by molar-refractivity contribution is 7.47. The second-order valence-electron chi connectivity index (χ2n) is 16.1. The molecule has 61 heavy (non-hydrogen) atoms. The largest absolute Gasteiger partial charge is 0.472 e.